The number of carbonyl (C=O) groups is 2. The number of ether oxygens (including phenoxy) is 1. The molecule has 2 aromatic heterocycles. The Balaban J connectivity index is 1.03. The van der Waals surface area contributed by atoms with Gasteiger partial charge in [0.25, 0.3) is 5.91 Å². The van der Waals surface area contributed by atoms with Crippen LogP contribution in [0, 0.1) is 11.7 Å². The number of aromatic nitrogens is 3. The SMILES string of the molecule is COc1cc(-c2cc(C(=O)N3CC[C@H](C(=O)NC4CCC(N5C[C@@H](C)N[C@@H](C)C5)CC4)CC34CC4)[nH]n2)c(F)cn1. The number of piperazine rings is 1. The largest absolute Gasteiger partial charge is 0.481 e. The van der Waals surface area contributed by atoms with E-state index in [0.29, 0.717) is 48.9 Å². The number of methoxy groups -OCH3 is 1. The molecule has 0 unspecified atom stereocenters. The van der Waals surface area contributed by atoms with Gasteiger partial charge in [0.15, 0.2) is 5.82 Å². The van der Waals surface area contributed by atoms with Gasteiger partial charge < -0.3 is 20.3 Å². The van der Waals surface area contributed by atoms with Crippen molar-refractivity contribution in [2.45, 2.75) is 94.9 Å². The Bertz CT molecular complexity index is 1260. The molecule has 11 heteroatoms. The number of nitrogens with zero attached hydrogens (tertiary/aromatic N) is 4. The molecule has 2 saturated heterocycles. The number of H-pyrrole nitrogens is 1. The van der Waals surface area contributed by atoms with Crippen molar-refractivity contribution in [3.8, 4) is 17.1 Å². The van der Waals surface area contributed by atoms with E-state index in [1.807, 2.05) is 4.90 Å². The number of amides is 2. The van der Waals surface area contributed by atoms with Crippen LogP contribution in [0.5, 0.6) is 5.88 Å². The molecule has 4 fully saturated rings. The van der Waals surface area contributed by atoms with E-state index in [1.165, 1.54) is 13.2 Å². The predicted octanol–water partition coefficient (Wildman–Crippen LogP) is 3.11. The van der Waals surface area contributed by atoms with Crippen LogP contribution in [0.15, 0.2) is 18.3 Å². The Labute approximate surface area is 240 Å². The van der Waals surface area contributed by atoms with Gasteiger partial charge in [-0.15, -0.1) is 0 Å². The number of halogens is 1. The van der Waals surface area contributed by atoms with E-state index < -0.39 is 5.82 Å². The van der Waals surface area contributed by atoms with Crippen molar-refractivity contribution >= 4 is 11.8 Å². The fourth-order valence-electron chi connectivity index (χ4n) is 7.37. The average molecular weight is 568 g/mol. The molecule has 4 heterocycles. The van der Waals surface area contributed by atoms with Gasteiger partial charge in [-0.05, 0) is 71.3 Å². The van der Waals surface area contributed by atoms with Gasteiger partial charge in [-0.3, -0.25) is 19.6 Å². The number of pyridine rings is 1. The summed E-state index contributed by atoms with van der Waals surface area (Å²) in [6.07, 6.45) is 8.51. The zero-order valence-electron chi connectivity index (χ0n) is 24.3. The van der Waals surface area contributed by atoms with Crippen LogP contribution >= 0.6 is 0 Å². The van der Waals surface area contributed by atoms with Gasteiger partial charge in [-0.25, -0.2) is 9.37 Å². The summed E-state index contributed by atoms with van der Waals surface area (Å²) in [5.41, 5.74) is 0.576. The van der Waals surface area contributed by atoms with Crippen LogP contribution in [0.4, 0.5) is 4.39 Å². The molecule has 2 saturated carbocycles. The van der Waals surface area contributed by atoms with E-state index in [0.717, 1.165) is 57.8 Å². The summed E-state index contributed by atoms with van der Waals surface area (Å²) in [5.74, 6) is -0.363. The first-order chi connectivity index (χ1) is 19.7. The molecule has 0 aromatic carbocycles. The quantitative estimate of drug-likeness (QED) is 0.491. The van der Waals surface area contributed by atoms with Crippen molar-refractivity contribution in [2.24, 2.45) is 5.92 Å². The maximum Gasteiger partial charge on any atom is 0.272 e. The van der Waals surface area contributed by atoms with Gasteiger partial charge in [0.05, 0.1) is 19.0 Å². The molecule has 3 atom stereocenters. The smallest absolute Gasteiger partial charge is 0.272 e. The first kappa shape index (κ1) is 28.1. The summed E-state index contributed by atoms with van der Waals surface area (Å²) in [6, 6.07) is 4.93. The van der Waals surface area contributed by atoms with Gasteiger partial charge >= 0.3 is 0 Å². The Morgan fingerprint density at radius 3 is 2.51 bits per heavy atom. The second-order valence-corrected chi connectivity index (χ2v) is 12.7. The van der Waals surface area contributed by atoms with Gasteiger partial charge in [-0.1, -0.05) is 0 Å². The minimum absolute atomic E-state index is 0.0788. The lowest BCUT2D eigenvalue weighted by molar-refractivity contribution is -0.128. The van der Waals surface area contributed by atoms with Gasteiger partial charge in [0.1, 0.15) is 5.69 Å². The minimum atomic E-state index is -0.539. The van der Waals surface area contributed by atoms with E-state index in [1.54, 1.807) is 6.07 Å². The summed E-state index contributed by atoms with van der Waals surface area (Å²) >= 11 is 0. The molecule has 222 valence electrons. The second kappa shape index (κ2) is 11.3. The highest BCUT2D eigenvalue weighted by atomic mass is 19.1. The zero-order chi connectivity index (χ0) is 28.7. The third-order valence-corrected chi connectivity index (χ3v) is 9.61. The highest BCUT2D eigenvalue weighted by molar-refractivity contribution is 5.94. The molecule has 2 aliphatic heterocycles. The van der Waals surface area contributed by atoms with Crippen LogP contribution in [0.3, 0.4) is 0 Å². The molecule has 0 bridgehead atoms. The summed E-state index contributed by atoms with van der Waals surface area (Å²) in [6.45, 7) is 7.23. The summed E-state index contributed by atoms with van der Waals surface area (Å²) < 4.78 is 19.5. The van der Waals surface area contributed by atoms with Crippen LogP contribution in [-0.4, -0.2) is 93.2 Å². The standard InChI is InChI=1S/C30H42FN7O3/c1-18-16-37(17-19(2)33-18)22-6-4-21(5-7-22)34-28(39)20-8-11-38(30(14-20)9-10-30)29(40)26-13-25(35-36-26)23-12-27(41-3)32-15-24(23)31/h12-13,15,18-22,33H,4-11,14,16-17H2,1-3H3,(H,34,39)(H,35,36)/t18-,19+,20-,21?,22?/m0/s1. The Hall–Kier alpha value is -3.05. The lowest BCUT2D eigenvalue weighted by atomic mass is 9.86. The maximum absolute atomic E-state index is 14.4. The molecule has 2 aromatic rings. The fourth-order valence-corrected chi connectivity index (χ4v) is 7.37. The molecular weight excluding hydrogens is 525 g/mol. The lowest BCUT2D eigenvalue weighted by Gasteiger charge is -2.44. The number of nitrogens with one attached hydrogen (secondary N) is 3. The highest BCUT2D eigenvalue weighted by Crippen LogP contribution is 2.50. The molecule has 6 rings (SSSR count). The molecule has 10 nitrogen and oxygen atoms in total. The molecular formula is C30H42FN7O3. The number of hydrogen-bond donors (Lipinski definition) is 3. The van der Waals surface area contributed by atoms with Crippen LogP contribution < -0.4 is 15.4 Å². The van der Waals surface area contributed by atoms with Gasteiger partial charge in [0, 0.05) is 66.9 Å². The van der Waals surface area contributed by atoms with Crippen molar-refractivity contribution in [3.05, 3.63) is 29.8 Å². The molecule has 4 aliphatic rings. The maximum atomic E-state index is 14.4. The van der Waals surface area contributed by atoms with Crippen molar-refractivity contribution in [1.82, 2.24) is 35.6 Å². The van der Waals surface area contributed by atoms with Crippen molar-refractivity contribution < 1.29 is 18.7 Å². The molecule has 3 N–H and O–H groups in total. The summed E-state index contributed by atoms with van der Waals surface area (Å²) in [7, 11) is 1.46. The Morgan fingerprint density at radius 1 is 1.10 bits per heavy atom. The highest BCUT2D eigenvalue weighted by Gasteiger charge is 2.54. The molecule has 0 radical (unpaired) electrons. The molecule has 1 spiro atoms. The molecule has 2 amide bonds. The van der Waals surface area contributed by atoms with E-state index >= 15 is 0 Å². The Kier molecular flexibility index (Phi) is 7.76. The van der Waals surface area contributed by atoms with Gasteiger partial charge in [-0.2, -0.15) is 5.10 Å². The number of rotatable bonds is 6. The zero-order valence-corrected chi connectivity index (χ0v) is 24.3. The van der Waals surface area contributed by atoms with Crippen LogP contribution in [0.25, 0.3) is 11.3 Å². The monoisotopic (exact) mass is 567 g/mol. The first-order valence-corrected chi connectivity index (χ1v) is 15.1. The van der Waals surface area contributed by atoms with Crippen molar-refractivity contribution in [3.63, 3.8) is 0 Å². The van der Waals surface area contributed by atoms with Crippen molar-refractivity contribution in [2.75, 3.05) is 26.7 Å². The average Bonchev–Trinajstić information content (AvgIpc) is 3.54. The molecule has 2 aliphatic carbocycles. The van der Waals surface area contributed by atoms with E-state index in [9.17, 15) is 14.0 Å². The summed E-state index contributed by atoms with van der Waals surface area (Å²) in [5, 5.41) is 14.0. The number of likely N-dealkylation sites (tertiary alicyclic amines) is 1. The third kappa shape index (κ3) is 5.83. The first-order valence-electron chi connectivity index (χ1n) is 15.1. The lowest BCUT2D eigenvalue weighted by Crippen LogP contribution is -2.58. The number of hydrogen-bond acceptors (Lipinski definition) is 7. The predicted molar refractivity (Wildman–Crippen MR) is 152 cm³/mol. The normalized spacial score (nSPS) is 29.8. The fraction of sp³-hybridized carbons (Fsp3) is 0.667. The molecule has 41 heavy (non-hydrogen) atoms. The van der Waals surface area contributed by atoms with Crippen LogP contribution in [-0.2, 0) is 4.79 Å². The van der Waals surface area contributed by atoms with Crippen LogP contribution in [0.1, 0.15) is 75.7 Å². The number of carbonyl (C=O) groups excluding carboxylic acids is 2. The van der Waals surface area contributed by atoms with Crippen molar-refractivity contribution in [1.29, 1.82) is 0 Å². The van der Waals surface area contributed by atoms with Crippen LogP contribution in [0.2, 0.25) is 0 Å². The third-order valence-electron chi connectivity index (χ3n) is 9.61. The topological polar surface area (TPSA) is 115 Å². The summed E-state index contributed by atoms with van der Waals surface area (Å²) in [4.78, 5) is 35.3. The van der Waals surface area contributed by atoms with E-state index in [2.05, 4.69) is 44.6 Å². The van der Waals surface area contributed by atoms with E-state index in [4.69, 9.17) is 4.74 Å². The number of aromatic amines is 1. The Morgan fingerprint density at radius 2 is 1.83 bits per heavy atom. The van der Waals surface area contributed by atoms with E-state index in [-0.39, 0.29) is 40.8 Å². The van der Waals surface area contributed by atoms with Gasteiger partial charge in [0.2, 0.25) is 11.8 Å². The minimum Gasteiger partial charge on any atom is -0.481 e. The second-order valence-electron chi connectivity index (χ2n) is 12.7. The number of piperidine rings is 1.